The summed E-state index contributed by atoms with van der Waals surface area (Å²) < 4.78 is 0. The fourth-order valence-corrected chi connectivity index (χ4v) is 2.79. The number of benzene rings is 2. The zero-order valence-electron chi connectivity index (χ0n) is 10.1. The van der Waals surface area contributed by atoms with Crippen LogP contribution in [0.15, 0.2) is 41.3 Å². The van der Waals surface area contributed by atoms with E-state index in [0.29, 0.717) is 10.3 Å². The smallest absolute Gasteiger partial charge is 0.0721 e. The average Bonchev–Trinajstić information content (AvgIpc) is 2.38. The predicted molar refractivity (Wildman–Crippen MR) is 68.6 cm³/mol. The Morgan fingerprint density at radius 3 is 2.32 bits per heavy atom. The Balaban J connectivity index is 2.61. The van der Waals surface area contributed by atoms with Crippen LogP contribution >= 0.6 is 11.8 Å². The maximum atomic E-state index is 11.1. The van der Waals surface area contributed by atoms with Crippen molar-refractivity contribution >= 4 is 34.5 Å². The van der Waals surface area contributed by atoms with Crippen molar-refractivity contribution in [2.75, 3.05) is 0 Å². The summed E-state index contributed by atoms with van der Waals surface area (Å²) in [5.74, 6) is -2.47. The number of hydrogen-bond donors (Lipinski definition) is 0. The van der Waals surface area contributed by atoms with Gasteiger partial charge >= 0.3 is 0 Å². The number of thioether (sulfide) groups is 1. The molecule has 1 atom stereocenters. The van der Waals surface area contributed by atoms with Gasteiger partial charge in [-0.25, -0.2) is 0 Å². The topological polar surface area (TPSA) is 80.3 Å². The molecule has 0 unspecified atom stereocenters. The Kier molecular flexibility index (Phi) is 3.76. The zero-order chi connectivity index (χ0) is 14.0. The SMILES string of the molecule is C[C@H](Sc1cccc2cccc(C(=O)[O-])c12)C(=O)[O-]. The number of rotatable bonds is 4. The molecule has 2 rings (SSSR count). The molecule has 19 heavy (non-hydrogen) atoms. The van der Waals surface area contributed by atoms with Crippen LogP contribution in [0.1, 0.15) is 17.3 Å². The van der Waals surface area contributed by atoms with E-state index in [1.165, 1.54) is 13.0 Å². The second-order valence-electron chi connectivity index (χ2n) is 4.03. The number of carbonyl (C=O) groups is 2. The van der Waals surface area contributed by atoms with Gasteiger partial charge in [0.25, 0.3) is 0 Å². The van der Waals surface area contributed by atoms with E-state index in [9.17, 15) is 19.8 Å². The summed E-state index contributed by atoms with van der Waals surface area (Å²) in [6, 6.07) is 10.1. The van der Waals surface area contributed by atoms with Crippen LogP contribution in [-0.2, 0) is 4.79 Å². The Morgan fingerprint density at radius 2 is 1.74 bits per heavy atom. The van der Waals surface area contributed by atoms with Crippen molar-refractivity contribution in [2.24, 2.45) is 0 Å². The molecule has 5 heteroatoms. The number of carboxylic acids is 2. The van der Waals surface area contributed by atoms with E-state index >= 15 is 0 Å². The normalized spacial score (nSPS) is 12.3. The standard InChI is InChI=1S/C14H12O4S/c1-8(13(15)16)19-11-7-3-5-9-4-2-6-10(12(9)11)14(17)18/h2-8H,1H3,(H,15,16)(H,17,18)/p-2/t8-/m0/s1. The molecule has 0 N–H and O–H groups in total. The molecule has 0 aliphatic heterocycles. The third-order valence-corrected chi connectivity index (χ3v) is 3.86. The molecular weight excluding hydrogens is 264 g/mol. The molecule has 0 bridgehead atoms. The van der Waals surface area contributed by atoms with E-state index in [1.54, 1.807) is 30.3 Å². The highest BCUT2D eigenvalue weighted by Crippen LogP contribution is 2.32. The molecule has 0 saturated carbocycles. The molecule has 4 nitrogen and oxygen atoms in total. The van der Waals surface area contributed by atoms with Crippen molar-refractivity contribution in [3.63, 3.8) is 0 Å². The molecule has 2 aromatic rings. The molecule has 0 aromatic heterocycles. The fourth-order valence-electron chi connectivity index (χ4n) is 1.81. The Labute approximate surface area is 114 Å². The van der Waals surface area contributed by atoms with Gasteiger partial charge < -0.3 is 19.8 Å². The minimum absolute atomic E-state index is 0.0612. The fraction of sp³-hybridized carbons (Fsp3) is 0.143. The number of aliphatic carboxylic acids is 1. The first-order valence-electron chi connectivity index (χ1n) is 5.61. The lowest BCUT2D eigenvalue weighted by atomic mass is 10.0. The van der Waals surface area contributed by atoms with Crippen molar-refractivity contribution in [3.8, 4) is 0 Å². The molecule has 0 fully saturated rings. The molecule has 98 valence electrons. The largest absolute Gasteiger partial charge is 0.549 e. The van der Waals surface area contributed by atoms with Crippen LogP contribution in [0.4, 0.5) is 0 Å². The van der Waals surface area contributed by atoms with Gasteiger partial charge in [-0.2, -0.15) is 0 Å². The van der Waals surface area contributed by atoms with Gasteiger partial charge in [-0.1, -0.05) is 30.3 Å². The summed E-state index contributed by atoms with van der Waals surface area (Å²) in [4.78, 5) is 22.5. The maximum absolute atomic E-state index is 11.1. The van der Waals surface area contributed by atoms with Gasteiger partial charge in [0.15, 0.2) is 0 Å². The van der Waals surface area contributed by atoms with Gasteiger partial charge in [0.05, 0.1) is 11.9 Å². The molecule has 0 saturated heterocycles. The molecule has 2 aromatic carbocycles. The van der Waals surface area contributed by atoms with Gasteiger partial charge in [0.2, 0.25) is 0 Å². The van der Waals surface area contributed by atoms with Gasteiger partial charge in [-0.05, 0) is 18.4 Å². The summed E-state index contributed by atoms with van der Waals surface area (Å²) in [6.45, 7) is 1.50. The van der Waals surface area contributed by atoms with Gasteiger partial charge in [0.1, 0.15) is 0 Å². The highest BCUT2D eigenvalue weighted by atomic mass is 32.2. The van der Waals surface area contributed by atoms with Crippen LogP contribution < -0.4 is 10.2 Å². The number of carboxylic acid groups (broad SMARTS) is 2. The lowest BCUT2D eigenvalue weighted by molar-refractivity contribution is -0.304. The van der Waals surface area contributed by atoms with Crippen molar-refractivity contribution in [2.45, 2.75) is 17.1 Å². The minimum Gasteiger partial charge on any atom is -0.549 e. The third kappa shape index (κ3) is 2.71. The Morgan fingerprint density at radius 1 is 1.11 bits per heavy atom. The zero-order valence-corrected chi connectivity index (χ0v) is 10.9. The van der Waals surface area contributed by atoms with Crippen molar-refractivity contribution in [1.82, 2.24) is 0 Å². The van der Waals surface area contributed by atoms with E-state index in [1.807, 2.05) is 0 Å². The van der Waals surface area contributed by atoms with Gasteiger partial charge in [-0.3, -0.25) is 0 Å². The quantitative estimate of drug-likeness (QED) is 0.755. The van der Waals surface area contributed by atoms with Crippen LogP contribution in [0.2, 0.25) is 0 Å². The van der Waals surface area contributed by atoms with Crippen LogP contribution in [0.25, 0.3) is 10.8 Å². The number of carbonyl (C=O) groups excluding carboxylic acids is 2. The Hall–Kier alpha value is -2.01. The van der Waals surface area contributed by atoms with E-state index in [4.69, 9.17) is 0 Å². The third-order valence-electron chi connectivity index (χ3n) is 2.72. The van der Waals surface area contributed by atoms with Crippen LogP contribution in [0.3, 0.4) is 0 Å². The molecule has 0 heterocycles. The monoisotopic (exact) mass is 274 g/mol. The van der Waals surface area contributed by atoms with Crippen molar-refractivity contribution < 1.29 is 19.8 Å². The van der Waals surface area contributed by atoms with Gasteiger partial charge in [-0.15, -0.1) is 11.8 Å². The maximum Gasteiger partial charge on any atom is 0.0721 e. The van der Waals surface area contributed by atoms with E-state index in [0.717, 1.165) is 17.1 Å². The summed E-state index contributed by atoms with van der Waals surface area (Å²) in [5.41, 5.74) is 0.0612. The second kappa shape index (κ2) is 5.32. The van der Waals surface area contributed by atoms with Crippen LogP contribution in [-0.4, -0.2) is 17.2 Å². The number of fused-ring (bicyclic) bond motifs is 1. The second-order valence-corrected chi connectivity index (χ2v) is 5.41. The molecular formula is C14H10O4S-2. The van der Waals surface area contributed by atoms with Gasteiger partial charge in [0, 0.05) is 21.1 Å². The Bertz CT molecular complexity index is 646. The van der Waals surface area contributed by atoms with Crippen LogP contribution in [0.5, 0.6) is 0 Å². The highest BCUT2D eigenvalue weighted by Gasteiger charge is 2.11. The van der Waals surface area contributed by atoms with E-state index in [2.05, 4.69) is 0 Å². The van der Waals surface area contributed by atoms with Crippen molar-refractivity contribution in [3.05, 3.63) is 42.0 Å². The van der Waals surface area contributed by atoms with E-state index in [-0.39, 0.29) is 5.56 Å². The minimum atomic E-state index is -1.28. The molecule has 0 radical (unpaired) electrons. The lowest BCUT2D eigenvalue weighted by Crippen LogP contribution is -2.31. The predicted octanol–water partition coefficient (Wildman–Crippen LogP) is 0.434. The number of hydrogen-bond acceptors (Lipinski definition) is 5. The first-order valence-corrected chi connectivity index (χ1v) is 6.49. The highest BCUT2D eigenvalue weighted by molar-refractivity contribution is 8.00. The summed E-state index contributed by atoms with van der Waals surface area (Å²) >= 11 is 1.06. The molecule has 0 amide bonds. The molecule has 0 aliphatic rings. The first kappa shape index (κ1) is 13.4. The van der Waals surface area contributed by atoms with E-state index < -0.39 is 17.2 Å². The molecule has 0 aliphatic carbocycles. The number of aromatic carboxylic acids is 1. The summed E-state index contributed by atoms with van der Waals surface area (Å²) in [7, 11) is 0. The summed E-state index contributed by atoms with van der Waals surface area (Å²) in [5, 5.41) is 22.4. The molecule has 0 spiro atoms. The lowest BCUT2D eigenvalue weighted by Gasteiger charge is -2.16. The van der Waals surface area contributed by atoms with Crippen LogP contribution in [0, 0.1) is 0 Å². The first-order chi connectivity index (χ1) is 9.00. The average molecular weight is 274 g/mol. The van der Waals surface area contributed by atoms with Crippen molar-refractivity contribution in [1.29, 1.82) is 0 Å². The summed E-state index contributed by atoms with van der Waals surface area (Å²) in [6.07, 6.45) is 0.